The highest BCUT2D eigenvalue weighted by atomic mass is 16.5. The van der Waals surface area contributed by atoms with E-state index < -0.39 is 0 Å². The van der Waals surface area contributed by atoms with Crippen LogP contribution in [0.5, 0.6) is 5.75 Å². The van der Waals surface area contributed by atoms with E-state index in [4.69, 9.17) is 4.74 Å². The zero-order valence-electron chi connectivity index (χ0n) is 16.6. The number of hydrogen-bond donors (Lipinski definition) is 1. The van der Waals surface area contributed by atoms with Crippen LogP contribution in [0.1, 0.15) is 21.5 Å². The molecule has 1 N–H and O–H groups in total. The number of para-hydroxylation sites is 1. The molecule has 30 heavy (non-hydrogen) atoms. The molecule has 0 atom stereocenters. The Hall–Kier alpha value is -3.86. The second kappa shape index (κ2) is 9.56. The van der Waals surface area contributed by atoms with Gasteiger partial charge in [-0.3, -0.25) is 4.79 Å². The van der Waals surface area contributed by atoms with Gasteiger partial charge in [-0.15, -0.1) is 0 Å². The quantitative estimate of drug-likeness (QED) is 0.479. The number of aromatic nitrogens is 2. The third-order valence-corrected chi connectivity index (χ3v) is 4.70. The highest BCUT2D eigenvalue weighted by Gasteiger charge is 2.07. The summed E-state index contributed by atoms with van der Waals surface area (Å²) in [4.78, 5) is 12.5. The van der Waals surface area contributed by atoms with E-state index in [1.54, 1.807) is 12.1 Å². The SMILES string of the molecule is O=C(NCCc1cnn(-c2ccccc2)c1)c1cccc(OCc2ccccc2)c1. The van der Waals surface area contributed by atoms with Crippen molar-refractivity contribution in [3.05, 3.63) is 114 Å². The van der Waals surface area contributed by atoms with Crippen LogP contribution >= 0.6 is 0 Å². The van der Waals surface area contributed by atoms with Crippen molar-refractivity contribution >= 4 is 5.91 Å². The number of nitrogens with one attached hydrogen (secondary N) is 1. The van der Waals surface area contributed by atoms with Crippen LogP contribution < -0.4 is 10.1 Å². The Kier molecular flexibility index (Phi) is 6.20. The fourth-order valence-electron chi connectivity index (χ4n) is 3.10. The first-order valence-corrected chi connectivity index (χ1v) is 9.92. The van der Waals surface area contributed by atoms with Gasteiger partial charge in [-0.2, -0.15) is 5.10 Å². The summed E-state index contributed by atoms with van der Waals surface area (Å²) in [5, 5.41) is 7.35. The standard InChI is InChI=1S/C25H23N3O2/c29-25(22-10-7-13-24(16-22)30-19-20-8-3-1-4-9-20)26-15-14-21-17-27-28(18-21)23-11-5-2-6-12-23/h1-13,16-18H,14-15,19H2,(H,26,29). The van der Waals surface area contributed by atoms with Crippen LogP contribution in [-0.2, 0) is 13.0 Å². The van der Waals surface area contributed by atoms with Crippen molar-refractivity contribution in [3.8, 4) is 11.4 Å². The molecule has 0 unspecified atom stereocenters. The zero-order chi connectivity index (χ0) is 20.6. The largest absolute Gasteiger partial charge is 0.489 e. The number of carbonyl (C=O) groups excluding carboxylic acids is 1. The number of rotatable bonds is 8. The molecule has 0 fully saturated rings. The summed E-state index contributed by atoms with van der Waals surface area (Å²) in [6.45, 7) is 1.01. The summed E-state index contributed by atoms with van der Waals surface area (Å²) in [5.41, 5.74) is 3.75. The number of amides is 1. The van der Waals surface area contributed by atoms with Gasteiger partial charge in [0.1, 0.15) is 12.4 Å². The third-order valence-electron chi connectivity index (χ3n) is 4.70. The highest BCUT2D eigenvalue weighted by molar-refractivity contribution is 5.94. The Balaban J connectivity index is 1.28. The first-order chi connectivity index (χ1) is 14.8. The average Bonchev–Trinajstić information content (AvgIpc) is 3.28. The zero-order valence-corrected chi connectivity index (χ0v) is 16.6. The second-order valence-electron chi connectivity index (χ2n) is 6.94. The Morgan fingerprint density at radius 2 is 1.67 bits per heavy atom. The molecule has 5 nitrogen and oxygen atoms in total. The molecule has 150 valence electrons. The first-order valence-electron chi connectivity index (χ1n) is 9.92. The number of nitrogens with zero attached hydrogens (tertiary/aromatic N) is 2. The third kappa shape index (κ3) is 5.14. The lowest BCUT2D eigenvalue weighted by molar-refractivity contribution is 0.0953. The Morgan fingerprint density at radius 1 is 0.900 bits per heavy atom. The van der Waals surface area contributed by atoms with Crippen molar-refractivity contribution in [2.75, 3.05) is 6.54 Å². The van der Waals surface area contributed by atoms with E-state index in [1.807, 2.05) is 89.9 Å². The van der Waals surface area contributed by atoms with Crippen LogP contribution in [0.2, 0.25) is 0 Å². The van der Waals surface area contributed by atoms with Gasteiger partial charge in [0.05, 0.1) is 11.9 Å². The Morgan fingerprint density at radius 3 is 2.47 bits per heavy atom. The molecule has 0 bridgehead atoms. The minimum Gasteiger partial charge on any atom is -0.489 e. The lowest BCUT2D eigenvalue weighted by atomic mass is 10.2. The number of benzene rings is 3. The van der Waals surface area contributed by atoms with Crippen molar-refractivity contribution in [1.82, 2.24) is 15.1 Å². The lowest BCUT2D eigenvalue weighted by Crippen LogP contribution is -2.25. The fraction of sp³-hybridized carbons (Fsp3) is 0.120. The molecule has 3 aromatic carbocycles. The van der Waals surface area contributed by atoms with Crippen molar-refractivity contribution in [3.63, 3.8) is 0 Å². The molecule has 4 aromatic rings. The van der Waals surface area contributed by atoms with E-state index in [-0.39, 0.29) is 5.91 Å². The van der Waals surface area contributed by atoms with E-state index in [9.17, 15) is 4.79 Å². The molecule has 1 heterocycles. The predicted octanol–water partition coefficient (Wildman–Crippen LogP) is 4.42. The van der Waals surface area contributed by atoms with E-state index >= 15 is 0 Å². The van der Waals surface area contributed by atoms with Gasteiger partial charge in [0.15, 0.2) is 0 Å². The summed E-state index contributed by atoms with van der Waals surface area (Å²) >= 11 is 0. The number of carbonyl (C=O) groups is 1. The molecule has 0 saturated carbocycles. The summed E-state index contributed by atoms with van der Waals surface area (Å²) in [7, 11) is 0. The summed E-state index contributed by atoms with van der Waals surface area (Å²) in [6.07, 6.45) is 4.53. The maximum absolute atomic E-state index is 12.5. The number of hydrogen-bond acceptors (Lipinski definition) is 3. The van der Waals surface area contributed by atoms with Crippen molar-refractivity contribution in [2.24, 2.45) is 0 Å². The summed E-state index contributed by atoms with van der Waals surface area (Å²) < 4.78 is 7.65. The topological polar surface area (TPSA) is 56.2 Å². The van der Waals surface area contributed by atoms with E-state index in [0.29, 0.717) is 30.9 Å². The molecule has 0 aliphatic carbocycles. The molecule has 0 spiro atoms. The molecule has 5 heteroatoms. The Bertz CT molecular complexity index is 1090. The van der Waals surface area contributed by atoms with Crippen molar-refractivity contribution in [1.29, 1.82) is 0 Å². The molecule has 1 aromatic heterocycles. The Labute approximate surface area is 175 Å². The minimum atomic E-state index is -0.115. The average molecular weight is 397 g/mol. The van der Waals surface area contributed by atoms with Gasteiger partial charge in [-0.25, -0.2) is 4.68 Å². The normalized spacial score (nSPS) is 10.5. The van der Waals surface area contributed by atoms with Crippen LogP contribution in [0.4, 0.5) is 0 Å². The molecule has 1 amide bonds. The predicted molar refractivity (Wildman–Crippen MR) is 117 cm³/mol. The van der Waals surface area contributed by atoms with Gasteiger partial charge >= 0.3 is 0 Å². The van der Waals surface area contributed by atoms with Gasteiger partial charge < -0.3 is 10.1 Å². The van der Waals surface area contributed by atoms with Gasteiger partial charge in [-0.05, 0) is 47.9 Å². The summed E-state index contributed by atoms with van der Waals surface area (Å²) in [5.74, 6) is 0.561. The van der Waals surface area contributed by atoms with Crippen LogP contribution in [0.25, 0.3) is 5.69 Å². The van der Waals surface area contributed by atoms with Crippen molar-refractivity contribution < 1.29 is 9.53 Å². The van der Waals surface area contributed by atoms with Gasteiger partial charge in [0.2, 0.25) is 0 Å². The number of ether oxygens (including phenoxy) is 1. The van der Waals surface area contributed by atoms with Crippen LogP contribution in [-0.4, -0.2) is 22.2 Å². The highest BCUT2D eigenvalue weighted by Crippen LogP contribution is 2.15. The first kappa shape index (κ1) is 19.5. The molecule has 0 saturated heterocycles. The van der Waals surface area contributed by atoms with Crippen LogP contribution in [0.15, 0.2) is 97.3 Å². The smallest absolute Gasteiger partial charge is 0.251 e. The molecule has 0 aliphatic rings. The van der Waals surface area contributed by atoms with Gasteiger partial charge in [0.25, 0.3) is 5.91 Å². The van der Waals surface area contributed by atoms with E-state index in [2.05, 4.69) is 10.4 Å². The minimum absolute atomic E-state index is 0.115. The molecular formula is C25H23N3O2. The second-order valence-corrected chi connectivity index (χ2v) is 6.94. The van der Waals surface area contributed by atoms with Gasteiger partial charge in [0, 0.05) is 18.3 Å². The van der Waals surface area contributed by atoms with Crippen molar-refractivity contribution in [2.45, 2.75) is 13.0 Å². The van der Waals surface area contributed by atoms with Gasteiger partial charge in [-0.1, -0.05) is 54.6 Å². The molecule has 0 aliphatic heterocycles. The molecule has 0 radical (unpaired) electrons. The molecule has 4 rings (SSSR count). The fourth-order valence-corrected chi connectivity index (χ4v) is 3.10. The molecular weight excluding hydrogens is 374 g/mol. The van der Waals surface area contributed by atoms with E-state index in [1.165, 1.54) is 0 Å². The van der Waals surface area contributed by atoms with E-state index in [0.717, 1.165) is 16.8 Å². The monoisotopic (exact) mass is 397 g/mol. The van der Waals surface area contributed by atoms with Crippen LogP contribution in [0.3, 0.4) is 0 Å². The lowest BCUT2D eigenvalue weighted by Gasteiger charge is -2.09. The maximum Gasteiger partial charge on any atom is 0.251 e. The summed E-state index contributed by atoms with van der Waals surface area (Å²) in [6, 6.07) is 27.2. The van der Waals surface area contributed by atoms with Crippen LogP contribution in [0, 0.1) is 0 Å². The maximum atomic E-state index is 12.5.